The van der Waals surface area contributed by atoms with E-state index in [2.05, 4.69) is 68.7 Å². The second-order valence-corrected chi connectivity index (χ2v) is 8.83. The SMILES string of the molecule is Cc1cc(CNCC(C)C)cc(N2CCSC(C)(C)C2)n1. The number of hydrogen-bond acceptors (Lipinski definition) is 4. The Bertz CT molecular complexity index is 471. The summed E-state index contributed by atoms with van der Waals surface area (Å²) in [5.41, 5.74) is 2.46. The van der Waals surface area contributed by atoms with Gasteiger partial charge in [0.15, 0.2) is 0 Å². The zero-order chi connectivity index (χ0) is 15.5. The molecule has 0 bridgehead atoms. The largest absolute Gasteiger partial charge is 0.354 e. The minimum atomic E-state index is 0.319. The maximum absolute atomic E-state index is 4.76. The monoisotopic (exact) mass is 307 g/mol. The van der Waals surface area contributed by atoms with E-state index >= 15 is 0 Å². The van der Waals surface area contributed by atoms with Crippen molar-refractivity contribution in [3.8, 4) is 0 Å². The van der Waals surface area contributed by atoms with E-state index in [4.69, 9.17) is 4.98 Å². The maximum Gasteiger partial charge on any atom is 0.129 e. The van der Waals surface area contributed by atoms with Gasteiger partial charge in [0.05, 0.1) is 0 Å². The van der Waals surface area contributed by atoms with E-state index < -0.39 is 0 Å². The Morgan fingerprint density at radius 3 is 2.81 bits per heavy atom. The highest BCUT2D eigenvalue weighted by Gasteiger charge is 2.27. The van der Waals surface area contributed by atoms with Gasteiger partial charge in [-0.1, -0.05) is 13.8 Å². The van der Waals surface area contributed by atoms with E-state index in [-0.39, 0.29) is 0 Å². The quantitative estimate of drug-likeness (QED) is 0.901. The van der Waals surface area contributed by atoms with Crippen molar-refractivity contribution in [2.45, 2.75) is 45.9 Å². The average Bonchev–Trinajstić information content (AvgIpc) is 2.36. The zero-order valence-corrected chi connectivity index (χ0v) is 14.9. The lowest BCUT2D eigenvalue weighted by molar-refractivity contribution is 0.552. The standard InChI is InChI=1S/C17H29N3S/c1-13(2)10-18-11-15-8-14(3)19-16(9-15)20-6-7-21-17(4,5)12-20/h8-9,13,18H,6-7,10-12H2,1-5H3. The van der Waals surface area contributed by atoms with Crippen LogP contribution >= 0.6 is 11.8 Å². The van der Waals surface area contributed by atoms with Crippen LogP contribution in [0.3, 0.4) is 0 Å². The molecule has 0 aliphatic carbocycles. The minimum absolute atomic E-state index is 0.319. The van der Waals surface area contributed by atoms with Crippen LogP contribution in [-0.2, 0) is 6.54 Å². The lowest BCUT2D eigenvalue weighted by Gasteiger charge is -2.38. The van der Waals surface area contributed by atoms with Crippen LogP contribution in [0.5, 0.6) is 0 Å². The molecular formula is C17H29N3S. The first-order valence-corrected chi connectivity index (χ1v) is 8.91. The highest BCUT2D eigenvalue weighted by molar-refractivity contribution is 8.00. The molecule has 2 heterocycles. The van der Waals surface area contributed by atoms with Crippen LogP contribution in [0, 0.1) is 12.8 Å². The molecule has 1 N–H and O–H groups in total. The van der Waals surface area contributed by atoms with Crippen LogP contribution in [0.1, 0.15) is 39.0 Å². The second kappa shape index (κ2) is 7.01. The van der Waals surface area contributed by atoms with Gasteiger partial charge in [0.25, 0.3) is 0 Å². The number of thioether (sulfide) groups is 1. The predicted molar refractivity (Wildman–Crippen MR) is 94.3 cm³/mol. The number of nitrogens with zero attached hydrogens (tertiary/aromatic N) is 2. The third kappa shape index (κ3) is 5.19. The Balaban J connectivity index is 2.07. The summed E-state index contributed by atoms with van der Waals surface area (Å²) in [6.45, 7) is 15.4. The highest BCUT2D eigenvalue weighted by atomic mass is 32.2. The van der Waals surface area contributed by atoms with Gasteiger partial charge in [-0.3, -0.25) is 0 Å². The van der Waals surface area contributed by atoms with E-state index in [1.54, 1.807) is 0 Å². The van der Waals surface area contributed by atoms with Crippen molar-refractivity contribution in [2.24, 2.45) is 5.92 Å². The van der Waals surface area contributed by atoms with E-state index in [1.165, 1.54) is 11.3 Å². The Morgan fingerprint density at radius 1 is 1.38 bits per heavy atom. The second-order valence-electron chi connectivity index (χ2n) is 7.03. The van der Waals surface area contributed by atoms with Crippen molar-refractivity contribution >= 4 is 17.6 Å². The molecule has 0 unspecified atom stereocenters. The molecule has 0 amide bonds. The third-order valence-corrected chi connectivity index (χ3v) is 4.93. The molecule has 1 saturated heterocycles. The first kappa shape index (κ1) is 16.6. The van der Waals surface area contributed by atoms with Crippen LogP contribution < -0.4 is 10.2 Å². The number of hydrogen-bond donors (Lipinski definition) is 1. The molecular weight excluding hydrogens is 278 g/mol. The molecule has 3 nitrogen and oxygen atoms in total. The smallest absolute Gasteiger partial charge is 0.129 e. The molecule has 0 radical (unpaired) electrons. The van der Waals surface area contributed by atoms with Gasteiger partial charge in [0.2, 0.25) is 0 Å². The van der Waals surface area contributed by atoms with Gasteiger partial charge >= 0.3 is 0 Å². The molecule has 1 aromatic rings. The Labute approximate surface area is 133 Å². The summed E-state index contributed by atoms with van der Waals surface area (Å²) in [6.07, 6.45) is 0. The van der Waals surface area contributed by atoms with Crippen molar-refractivity contribution in [2.75, 3.05) is 30.3 Å². The fraction of sp³-hybridized carbons (Fsp3) is 0.706. The van der Waals surface area contributed by atoms with Crippen LogP contribution in [0.15, 0.2) is 12.1 Å². The Morgan fingerprint density at radius 2 is 2.14 bits per heavy atom. The minimum Gasteiger partial charge on any atom is -0.354 e. The number of anilines is 1. The van der Waals surface area contributed by atoms with Crippen molar-refractivity contribution in [3.63, 3.8) is 0 Å². The van der Waals surface area contributed by atoms with Crippen LogP contribution in [0.2, 0.25) is 0 Å². The van der Waals surface area contributed by atoms with E-state index in [1.807, 2.05) is 0 Å². The molecule has 0 atom stereocenters. The summed E-state index contributed by atoms with van der Waals surface area (Å²) in [5.74, 6) is 3.01. The molecule has 118 valence electrons. The Hall–Kier alpha value is -0.740. The fourth-order valence-corrected chi connectivity index (χ4v) is 3.81. The lowest BCUT2D eigenvalue weighted by atomic mass is 10.1. The van der Waals surface area contributed by atoms with Gasteiger partial charge in [-0.05, 0) is 50.9 Å². The number of nitrogens with one attached hydrogen (secondary N) is 1. The van der Waals surface area contributed by atoms with E-state index in [0.29, 0.717) is 10.7 Å². The number of aromatic nitrogens is 1. The number of rotatable bonds is 5. The average molecular weight is 308 g/mol. The van der Waals surface area contributed by atoms with Crippen LogP contribution in [0.25, 0.3) is 0 Å². The molecule has 21 heavy (non-hydrogen) atoms. The van der Waals surface area contributed by atoms with E-state index in [9.17, 15) is 0 Å². The first-order chi connectivity index (χ1) is 9.85. The number of aryl methyl sites for hydroxylation is 1. The summed E-state index contributed by atoms with van der Waals surface area (Å²) in [4.78, 5) is 7.20. The fourth-order valence-electron chi connectivity index (χ4n) is 2.70. The summed E-state index contributed by atoms with van der Waals surface area (Å²) in [6, 6.07) is 4.45. The van der Waals surface area contributed by atoms with E-state index in [0.717, 1.165) is 37.7 Å². The normalized spacial score (nSPS) is 18.3. The number of pyridine rings is 1. The summed E-state index contributed by atoms with van der Waals surface area (Å²) < 4.78 is 0.319. The van der Waals surface area contributed by atoms with Gasteiger partial charge in [-0.25, -0.2) is 4.98 Å². The maximum atomic E-state index is 4.76. The van der Waals surface area contributed by atoms with Crippen LogP contribution in [0.4, 0.5) is 5.82 Å². The molecule has 0 saturated carbocycles. The van der Waals surface area contributed by atoms with Gasteiger partial charge < -0.3 is 10.2 Å². The molecule has 1 fully saturated rings. The molecule has 4 heteroatoms. The van der Waals surface area contributed by atoms with Crippen molar-refractivity contribution in [1.82, 2.24) is 10.3 Å². The van der Waals surface area contributed by atoms with Gasteiger partial charge in [-0.15, -0.1) is 0 Å². The molecule has 0 aromatic carbocycles. The molecule has 1 aromatic heterocycles. The Kier molecular flexibility index (Phi) is 5.55. The van der Waals surface area contributed by atoms with Crippen molar-refractivity contribution in [1.29, 1.82) is 0 Å². The zero-order valence-electron chi connectivity index (χ0n) is 14.1. The molecule has 0 spiro atoms. The predicted octanol–water partition coefficient (Wildman–Crippen LogP) is 3.47. The van der Waals surface area contributed by atoms with Gasteiger partial charge in [0.1, 0.15) is 5.82 Å². The third-order valence-electron chi connectivity index (χ3n) is 3.63. The topological polar surface area (TPSA) is 28.2 Å². The molecule has 2 rings (SSSR count). The van der Waals surface area contributed by atoms with Crippen molar-refractivity contribution in [3.05, 3.63) is 23.4 Å². The molecule has 1 aliphatic rings. The lowest BCUT2D eigenvalue weighted by Crippen LogP contribution is -2.43. The summed E-state index contributed by atoms with van der Waals surface area (Å²) in [5, 5.41) is 3.52. The summed E-state index contributed by atoms with van der Waals surface area (Å²) in [7, 11) is 0. The van der Waals surface area contributed by atoms with Crippen molar-refractivity contribution < 1.29 is 0 Å². The first-order valence-electron chi connectivity index (χ1n) is 7.93. The molecule has 1 aliphatic heterocycles. The van der Waals surface area contributed by atoms with Gasteiger partial charge in [0, 0.05) is 35.8 Å². The van der Waals surface area contributed by atoms with Crippen LogP contribution in [-0.4, -0.2) is 35.1 Å². The van der Waals surface area contributed by atoms with Gasteiger partial charge in [-0.2, -0.15) is 11.8 Å². The highest BCUT2D eigenvalue weighted by Crippen LogP contribution is 2.31. The summed E-state index contributed by atoms with van der Waals surface area (Å²) >= 11 is 2.06.